The Kier molecular flexibility index (Phi) is 5.31. The van der Waals surface area contributed by atoms with Gasteiger partial charge in [-0.1, -0.05) is 27.2 Å². The Hall–Kier alpha value is -0.610. The van der Waals surface area contributed by atoms with Gasteiger partial charge in [-0.3, -0.25) is 4.79 Å². The van der Waals surface area contributed by atoms with Gasteiger partial charge in [-0.15, -0.1) is 0 Å². The van der Waals surface area contributed by atoms with E-state index < -0.39 is 0 Å². The maximum atomic E-state index is 12.2. The van der Waals surface area contributed by atoms with E-state index in [1.165, 1.54) is 19.3 Å². The van der Waals surface area contributed by atoms with Crippen molar-refractivity contribution in [3.63, 3.8) is 0 Å². The smallest absolute Gasteiger partial charge is 0.225 e. The zero-order chi connectivity index (χ0) is 15.6. The molecule has 2 N–H and O–H groups in total. The summed E-state index contributed by atoms with van der Waals surface area (Å²) in [7, 11) is 0. The van der Waals surface area contributed by atoms with Crippen LogP contribution in [0.2, 0.25) is 0 Å². The summed E-state index contributed by atoms with van der Waals surface area (Å²) in [5.41, 5.74) is -0.351. The highest BCUT2D eigenvalue weighted by Gasteiger charge is 2.34. The van der Waals surface area contributed by atoms with Gasteiger partial charge in [0, 0.05) is 31.1 Å². The molecule has 4 heteroatoms. The van der Waals surface area contributed by atoms with E-state index in [1.807, 2.05) is 27.7 Å². The second-order valence-corrected chi connectivity index (χ2v) is 8.17. The normalized spacial score (nSPS) is 29.8. The number of hydrogen-bond donors (Lipinski definition) is 2. The largest absolute Gasteiger partial charge is 0.393 e. The third-order valence-electron chi connectivity index (χ3n) is 5.00. The monoisotopic (exact) mass is 296 g/mol. The first kappa shape index (κ1) is 16.8. The molecule has 0 aromatic carbocycles. The lowest BCUT2D eigenvalue weighted by molar-refractivity contribution is -0.130. The fraction of sp³-hybridized carbons (Fsp3) is 0.941. The summed E-state index contributed by atoms with van der Waals surface area (Å²) in [4.78, 5) is 14.7. The van der Waals surface area contributed by atoms with Crippen molar-refractivity contribution in [1.82, 2.24) is 10.2 Å². The van der Waals surface area contributed by atoms with E-state index in [9.17, 15) is 9.90 Å². The van der Waals surface area contributed by atoms with Crippen LogP contribution in [0.3, 0.4) is 0 Å². The van der Waals surface area contributed by atoms with Gasteiger partial charge in [-0.2, -0.15) is 0 Å². The molecule has 1 saturated heterocycles. The molecule has 2 fully saturated rings. The van der Waals surface area contributed by atoms with Gasteiger partial charge in [0.15, 0.2) is 0 Å². The Balaban J connectivity index is 1.93. The average Bonchev–Trinajstić information content (AvgIpc) is 2.32. The number of nitrogens with one attached hydrogen (secondary N) is 1. The molecule has 1 aliphatic carbocycles. The zero-order valence-electron chi connectivity index (χ0n) is 14.1. The van der Waals surface area contributed by atoms with Crippen molar-refractivity contribution in [2.24, 2.45) is 17.3 Å². The van der Waals surface area contributed by atoms with Crippen molar-refractivity contribution in [2.75, 3.05) is 19.6 Å². The van der Waals surface area contributed by atoms with Crippen molar-refractivity contribution >= 4 is 5.91 Å². The molecule has 2 rings (SSSR count). The lowest BCUT2D eigenvalue weighted by Crippen LogP contribution is -2.55. The number of rotatable bonds is 4. The van der Waals surface area contributed by atoms with E-state index in [-0.39, 0.29) is 29.4 Å². The zero-order valence-corrected chi connectivity index (χ0v) is 14.1. The van der Waals surface area contributed by atoms with Crippen LogP contribution in [-0.2, 0) is 4.79 Å². The molecular weight excluding hydrogens is 264 g/mol. The van der Waals surface area contributed by atoms with Crippen LogP contribution in [0, 0.1) is 17.3 Å². The first-order valence-corrected chi connectivity index (χ1v) is 8.47. The number of hydrogen-bond acceptors (Lipinski definition) is 3. The average molecular weight is 296 g/mol. The molecule has 3 unspecified atom stereocenters. The molecule has 1 heterocycles. The van der Waals surface area contributed by atoms with Crippen LogP contribution in [0.4, 0.5) is 0 Å². The quantitative estimate of drug-likeness (QED) is 0.834. The number of piperidine rings is 1. The fourth-order valence-electron chi connectivity index (χ4n) is 3.28. The molecule has 0 aromatic rings. The van der Waals surface area contributed by atoms with Crippen LogP contribution < -0.4 is 5.32 Å². The molecule has 0 spiro atoms. The molecule has 1 amide bonds. The second-order valence-electron chi connectivity index (χ2n) is 8.17. The van der Waals surface area contributed by atoms with E-state index in [0.717, 1.165) is 32.0 Å². The van der Waals surface area contributed by atoms with Crippen molar-refractivity contribution in [3.05, 3.63) is 0 Å². The highest BCUT2D eigenvalue weighted by molar-refractivity contribution is 5.81. The number of likely N-dealkylation sites (tertiary alicyclic amines) is 1. The third-order valence-corrected chi connectivity index (χ3v) is 5.00. The molecule has 21 heavy (non-hydrogen) atoms. The highest BCUT2D eigenvalue weighted by Crippen LogP contribution is 2.29. The number of carbonyl (C=O) groups is 1. The maximum absolute atomic E-state index is 12.2. The van der Waals surface area contributed by atoms with Crippen LogP contribution in [-0.4, -0.2) is 47.7 Å². The predicted octanol–water partition coefficient (Wildman–Crippen LogP) is 2.02. The molecule has 0 bridgehead atoms. The van der Waals surface area contributed by atoms with E-state index in [1.54, 1.807) is 0 Å². The van der Waals surface area contributed by atoms with Gasteiger partial charge in [0.1, 0.15) is 0 Å². The van der Waals surface area contributed by atoms with Gasteiger partial charge in [0.25, 0.3) is 0 Å². The number of aliphatic hydroxyl groups excluding tert-OH is 1. The Morgan fingerprint density at radius 3 is 2.48 bits per heavy atom. The Morgan fingerprint density at radius 2 is 2.00 bits per heavy atom. The van der Waals surface area contributed by atoms with Crippen molar-refractivity contribution < 1.29 is 9.90 Å². The summed E-state index contributed by atoms with van der Waals surface area (Å²) < 4.78 is 0. The summed E-state index contributed by atoms with van der Waals surface area (Å²) in [6, 6.07) is 0.171. The van der Waals surface area contributed by atoms with Crippen LogP contribution in [0.25, 0.3) is 0 Å². The standard InChI is InChI=1S/C17H32N2O2/c1-12(20)14-8-15(18-16(21)17(2,3)4)11-19(10-14)9-13-6-5-7-13/h12-15,20H,5-11H2,1-4H3,(H,18,21). The minimum atomic E-state index is -0.351. The summed E-state index contributed by atoms with van der Waals surface area (Å²) in [6.45, 7) is 10.7. The van der Waals surface area contributed by atoms with Crippen molar-refractivity contribution in [2.45, 2.75) is 65.5 Å². The second kappa shape index (κ2) is 6.66. The summed E-state index contributed by atoms with van der Waals surface area (Å²) in [5.74, 6) is 1.21. The summed E-state index contributed by atoms with van der Waals surface area (Å²) in [5, 5.41) is 13.2. The molecule has 3 atom stereocenters. The summed E-state index contributed by atoms with van der Waals surface area (Å²) >= 11 is 0. The highest BCUT2D eigenvalue weighted by atomic mass is 16.3. The van der Waals surface area contributed by atoms with E-state index in [0.29, 0.717) is 0 Å². The maximum Gasteiger partial charge on any atom is 0.225 e. The van der Waals surface area contributed by atoms with Crippen molar-refractivity contribution in [3.8, 4) is 0 Å². The molecule has 122 valence electrons. The molecule has 4 nitrogen and oxygen atoms in total. The lowest BCUT2D eigenvalue weighted by Gasteiger charge is -2.42. The molecule has 2 aliphatic rings. The van der Waals surface area contributed by atoms with E-state index in [4.69, 9.17) is 0 Å². The summed E-state index contributed by atoms with van der Waals surface area (Å²) in [6.07, 6.45) is 4.63. The first-order valence-electron chi connectivity index (χ1n) is 8.47. The third kappa shape index (κ3) is 4.68. The number of amides is 1. The van der Waals surface area contributed by atoms with Crippen LogP contribution in [0.5, 0.6) is 0 Å². The number of aliphatic hydroxyl groups is 1. The Morgan fingerprint density at radius 1 is 1.33 bits per heavy atom. The molecule has 1 aliphatic heterocycles. The predicted molar refractivity (Wildman–Crippen MR) is 85.0 cm³/mol. The van der Waals surface area contributed by atoms with Gasteiger partial charge < -0.3 is 15.3 Å². The number of nitrogens with zero attached hydrogens (tertiary/aromatic N) is 1. The SMILES string of the molecule is CC(O)C1CC(NC(=O)C(C)(C)C)CN(CC2CCC2)C1. The molecule has 0 radical (unpaired) electrons. The van der Waals surface area contributed by atoms with Crippen LogP contribution in [0.15, 0.2) is 0 Å². The number of carbonyl (C=O) groups excluding carboxylic acids is 1. The van der Waals surface area contributed by atoms with Gasteiger partial charge >= 0.3 is 0 Å². The topological polar surface area (TPSA) is 52.6 Å². The Bertz CT molecular complexity index is 358. The lowest BCUT2D eigenvalue weighted by atomic mass is 9.83. The Labute approximate surface area is 129 Å². The van der Waals surface area contributed by atoms with E-state index >= 15 is 0 Å². The van der Waals surface area contributed by atoms with Gasteiger partial charge in [-0.05, 0) is 38.0 Å². The molecule has 1 saturated carbocycles. The minimum absolute atomic E-state index is 0.113. The van der Waals surface area contributed by atoms with Crippen LogP contribution in [0.1, 0.15) is 53.4 Å². The fourth-order valence-corrected chi connectivity index (χ4v) is 3.28. The molecular formula is C17H32N2O2. The van der Waals surface area contributed by atoms with Gasteiger partial charge in [-0.25, -0.2) is 0 Å². The van der Waals surface area contributed by atoms with Gasteiger partial charge in [0.2, 0.25) is 5.91 Å². The van der Waals surface area contributed by atoms with Crippen molar-refractivity contribution in [1.29, 1.82) is 0 Å². The molecule has 0 aromatic heterocycles. The van der Waals surface area contributed by atoms with E-state index in [2.05, 4.69) is 10.2 Å². The van der Waals surface area contributed by atoms with Gasteiger partial charge in [0.05, 0.1) is 6.10 Å². The first-order chi connectivity index (χ1) is 9.75. The minimum Gasteiger partial charge on any atom is -0.393 e. The van der Waals surface area contributed by atoms with Crippen LogP contribution >= 0.6 is 0 Å².